The second-order valence-electron chi connectivity index (χ2n) is 7.00. The highest BCUT2D eigenvalue weighted by atomic mass is 16.5. The predicted molar refractivity (Wildman–Crippen MR) is 112 cm³/mol. The number of nitrogens with one attached hydrogen (secondary N) is 1. The fourth-order valence-corrected chi connectivity index (χ4v) is 3.36. The zero-order chi connectivity index (χ0) is 22.0. The summed E-state index contributed by atoms with van der Waals surface area (Å²) < 4.78 is 8.02. The van der Waals surface area contributed by atoms with Gasteiger partial charge in [-0.3, -0.25) is 4.79 Å². The van der Waals surface area contributed by atoms with Gasteiger partial charge in [-0.05, 0) is 62.2 Å². The molecule has 158 valence electrons. The van der Waals surface area contributed by atoms with Gasteiger partial charge in [0.25, 0.3) is 0 Å². The standard InChI is InChI=1S/C21H21N7O3/c1-13-17(8-11-20(29)23-16-6-4-15(5-7-16)21(30)31-3)14(2)28(25-13)19-10-9-18-24-22-12-27(18)26-19/h4-7,9-10,12H,8,11H2,1-3H3,(H,23,29). The maximum absolute atomic E-state index is 12.4. The smallest absolute Gasteiger partial charge is 0.337 e. The summed E-state index contributed by atoms with van der Waals surface area (Å²) in [6.07, 6.45) is 2.37. The number of aryl methyl sites for hydroxylation is 1. The number of aromatic nitrogens is 6. The van der Waals surface area contributed by atoms with Crippen molar-refractivity contribution in [2.75, 3.05) is 12.4 Å². The van der Waals surface area contributed by atoms with Crippen molar-refractivity contribution in [3.63, 3.8) is 0 Å². The third-order valence-corrected chi connectivity index (χ3v) is 5.00. The van der Waals surface area contributed by atoms with Crippen molar-refractivity contribution >= 4 is 23.2 Å². The first-order valence-corrected chi connectivity index (χ1v) is 9.67. The van der Waals surface area contributed by atoms with Crippen molar-refractivity contribution in [3.05, 3.63) is 65.2 Å². The molecule has 31 heavy (non-hydrogen) atoms. The number of hydrogen-bond acceptors (Lipinski definition) is 7. The molecule has 1 amide bonds. The van der Waals surface area contributed by atoms with E-state index in [1.54, 1.807) is 33.5 Å². The number of fused-ring (bicyclic) bond motifs is 1. The topological polar surface area (TPSA) is 116 Å². The number of methoxy groups -OCH3 is 1. The Morgan fingerprint density at radius 3 is 2.58 bits per heavy atom. The molecule has 0 unspecified atom stereocenters. The average molecular weight is 419 g/mol. The van der Waals surface area contributed by atoms with Gasteiger partial charge in [0, 0.05) is 17.8 Å². The number of esters is 1. The van der Waals surface area contributed by atoms with Crippen molar-refractivity contribution in [2.24, 2.45) is 0 Å². The van der Waals surface area contributed by atoms with Crippen LogP contribution in [0.5, 0.6) is 0 Å². The Balaban J connectivity index is 1.43. The van der Waals surface area contributed by atoms with Crippen molar-refractivity contribution in [1.29, 1.82) is 0 Å². The first-order chi connectivity index (χ1) is 15.0. The van der Waals surface area contributed by atoms with Crippen LogP contribution in [0.15, 0.2) is 42.7 Å². The fraction of sp³-hybridized carbons (Fsp3) is 0.238. The lowest BCUT2D eigenvalue weighted by Gasteiger charge is -2.07. The molecule has 0 aliphatic carbocycles. The summed E-state index contributed by atoms with van der Waals surface area (Å²) in [5, 5.41) is 19.7. The highest BCUT2D eigenvalue weighted by Crippen LogP contribution is 2.19. The molecule has 0 bridgehead atoms. The monoisotopic (exact) mass is 419 g/mol. The summed E-state index contributed by atoms with van der Waals surface area (Å²) in [6, 6.07) is 10.2. The molecule has 0 spiro atoms. The minimum atomic E-state index is -0.418. The van der Waals surface area contributed by atoms with E-state index in [-0.39, 0.29) is 5.91 Å². The molecule has 0 saturated heterocycles. The van der Waals surface area contributed by atoms with E-state index in [4.69, 9.17) is 0 Å². The molecular formula is C21H21N7O3. The number of nitrogens with zero attached hydrogens (tertiary/aromatic N) is 6. The second kappa shape index (κ2) is 8.34. The Morgan fingerprint density at radius 2 is 1.84 bits per heavy atom. The van der Waals surface area contributed by atoms with Gasteiger partial charge in [0.2, 0.25) is 5.91 Å². The largest absolute Gasteiger partial charge is 0.465 e. The van der Waals surface area contributed by atoms with Gasteiger partial charge >= 0.3 is 5.97 Å². The first-order valence-electron chi connectivity index (χ1n) is 9.67. The zero-order valence-electron chi connectivity index (χ0n) is 17.4. The van der Waals surface area contributed by atoms with Crippen LogP contribution in [0.3, 0.4) is 0 Å². The zero-order valence-corrected chi connectivity index (χ0v) is 17.4. The molecule has 1 aromatic carbocycles. The molecule has 0 radical (unpaired) electrons. The number of anilines is 1. The lowest BCUT2D eigenvalue weighted by atomic mass is 10.1. The summed E-state index contributed by atoms with van der Waals surface area (Å²) in [7, 11) is 1.33. The van der Waals surface area contributed by atoms with Gasteiger partial charge in [0.05, 0.1) is 18.4 Å². The Labute approximate surface area is 177 Å². The summed E-state index contributed by atoms with van der Waals surface area (Å²) in [5.74, 6) is 0.106. The van der Waals surface area contributed by atoms with Gasteiger partial charge in [0.1, 0.15) is 6.33 Å². The van der Waals surface area contributed by atoms with E-state index in [0.717, 1.165) is 17.0 Å². The van der Waals surface area contributed by atoms with Crippen LogP contribution in [-0.2, 0) is 16.0 Å². The van der Waals surface area contributed by atoms with Crippen molar-refractivity contribution in [2.45, 2.75) is 26.7 Å². The van der Waals surface area contributed by atoms with Gasteiger partial charge in [-0.1, -0.05) is 0 Å². The van der Waals surface area contributed by atoms with E-state index in [0.29, 0.717) is 35.6 Å². The molecule has 1 N–H and O–H groups in total. The van der Waals surface area contributed by atoms with Gasteiger partial charge < -0.3 is 10.1 Å². The number of ether oxygens (including phenoxy) is 1. The average Bonchev–Trinajstić information content (AvgIpc) is 3.35. The molecule has 0 fully saturated rings. The van der Waals surface area contributed by atoms with E-state index >= 15 is 0 Å². The van der Waals surface area contributed by atoms with Crippen LogP contribution in [0.1, 0.15) is 33.7 Å². The Bertz CT molecular complexity index is 1260. The number of carbonyl (C=O) groups excluding carboxylic acids is 2. The minimum Gasteiger partial charge on any atom is -0.465 e. The van der Waals surface area contributed by atoms with E-state index in [1.807, 2.05) is 26.0 Å². The molecular weight excluding hydrogens is 398 g/mol. The van der Waals surface area contributed by atoms with Crippen molar-refractivity contribution in [3.8, 4) is 5.82 Å². The van der Waals surface area contributed by atoms with Crippen LogP contribution < -0.4 is 5.32 Å². The fourth-order valence-electron chi connectivity index (χ4n) is 3.36. The van der Waals surface area contributed by atoms with Crippen LogP contribution in [-0.4, -0.2) is 48.6 Å². The summed E-state index contributed by atoms with van der Waals surface area (Å²) in [5.41, 5.74) is 4.47. The SMILES string of the molecule is COC(=O)c1ccc(NC(=O)CCc2c(C)nn(-c3ccc4nncn4n3)c2C)cc1. The van der Waals surface area contributed by atoms with Gasteiger partial charge in [-0.2, -0.15) is 9.61 Å². The molecule has 4 aromatic rings. The van der Waals surface area contributed by atoms with Gasteiger partial charge in [-0.15, -0.1) is 15.3 Å². The maximum atomic E-state index is 12.4. The molecule has 10 nitrogen and oxygen atoms in total. The normalized spacial score (nSPS) is 10.9. The molecule has 3 heterocycles. The van der Waals surface area contributed by atoms with Crippen LogP contribution in [0.25, 0.3) is 11.5 Å². The summed E-state index contributed by atoms with van der Waals surface area (Å²) in [6.45, 7) is 3.87. The molecule has 0 aliphatic rings. The second-order valence-corrected chi connectivity index (χ2v) is 7.00. The quantitative estimate of drug-likeness (QED) is 0.477. The maximum Gasteiger partial charge on any atom is 0.337 e. The summed E-state index contributed by atoms with van der Waals surface area (Å²) >= 11 is 0. The van der Waals surface area contributed by atoms with E-state index in [1.165, 1.54) is 13.4 Å². The number of hydrogen-bond donors (Lipinski definition) is 1. The van der Waals surface area contributed by atoms with Crippen LogP contribution in [0.4, 0.5) is 5.69 Å². The third kappa shape index (κ3) is 4.13. The van der Waals surface area contributed by atoms with Crippen molar-refractivity contribution < 1.29 is 14.3 Å². The summed E-state index contributed by atoms with van der Waals surface area (Å²) in [4.78, 5) is 23.9. The van der Waals surface area contributed by atoms with Crippen molar-refractivity contribution in [1.82, 2.24) is 29.6 Å². The molecule has 3 aromatic heterocycles. The van der Waals surface area contributed by atoms with Crippen LogP contribution in [0.2, 0.25) is 0 Å². The first kappa shape index (κ1) is 20.2. The molecule has 0 saturated carbocycles. The Kier molecular flexibility index (Phi) is 5.44. The predicted octanol–water partition coefficient (Wildman–Crippen LogP) is 2.28. The minimum absolute atomic E-state index is 0.124. The number of amides is 1. The molecule has 0 aliphatic heterocycles. The third-order valence-electron chi connectivity index (χ3n) is 5.00. The number of rotatable bonds is 6. The number of benzene rings is 1. The lowest BCUT2D eigenvalue weighted by Crippen LogP contribution is -2.13. The Morgan fingerprint density at radius 1 is 1.06 bits per heavy atom. The van der Waals surface area contributed by atoms with E-state index in [9.17, 15) is 9.59 Å². The Hall–Kier alpha value is -4.08. The van der Waals surface area contributed by atoms with Crippen LogP contribution >= 0.6 is 0 Å². The lowest BCUT2D eigenvalue weighted by molar-refractivity contribution is -0.116. The van der Waals surface area contributed by atoms with Gasteiger partial charge in [-0.25, -0.2) is 9.48 Å². The van der Waals surface area contributed by atoms with E-state index in [2.05, 4.69) is 30.4 Å². The molecule has 0 atom stereocenters. The highest BCUT2D eigenvalue weighted by molar-refractivity contribution is 5.93. The van der Waals surface area contributed by atoms with Gasteiger partial charge in [0.15, 0.2) is 11.5 Å². The molecule has 4 rings (SSSR count). The van der Waals surface area contributed by atoms with E-state index < -0.39 is 5.97 Å². The molecule has 10 heteroatoms. The van der Waals surface area contributed by atoms with Crippen LogP contribution in [0, 0.1) is 13.8 Å². The highest BCUT2D eigenvalue weighted by Gasteiger charge is 2.16. The number of carbonyl (C=O) groups is 2.